The summed E-state index contributed by atoms with van der Waals surface area (Å²) in [5, 5.41) is 2.36. The average molecular weight is 555 g/mol. The molecule has 1 aromatic carbocycles. The highest BCUT2D eigenvalue weighted by Gasteiger charge is 2.37. The van der Waals surface area contributed by atoms with E-state index in [4.69, 9.17) is 0 Å². The van der Waals surface area contributed by atoms with E-state index in [1.54, 1.807) is 0 Å². The second kappa shape index (κ2) is 10.8. The summed E-state index contributed by atoms with van der Waals surface area (Å²) >= 11 is 0. The van der Waals surface area contributed by atoms with E-state index in [-0.39, 0.29) is 39.5 Å². The average Bonchev–Trinajstić information content (AvgIpc) is 3.79. The van der Waals surface area contributed by atoms with Crippen LogP contribution in [-0.4, -0.2) is 47.2 Å². The van der Waals surface area contributed by atoms with Gasteiger partial charge in [-0.05, 0) is 55.5 Å². The molecule has 39 heavy (non-hydrogen) atoms. The van der Waals surface area contributed by atoms with Crippen LogP contribution >= 0.6 is 0 Å². The lowest BCUT2D eigenvalue weighted by molar-refractivity contribution is -0.120. The van der Waals surface area contributed by atoms with Gasteiger partial charge in [-0.1, -0.05) is 32.1 Å². The van der Waals surface area contributed by atoms with Crippen molar-refractivity contribution in [3.63, 3.8) is 0 Å². The summed E-state index contributed by atoms with van der Waals surface area (Å²) in [4.78, 5) is 58.9. The molecule has 0 bridgehead atoms. The van der Waals surface area contributed by atoms with E-state index in [2.05, 4.69) is 20.0 Å². The predicted molar refractivity (Wildman–Crippen MR) is 143 cm³/mol. The maximum Gasteiger partial charge on any atom is 0.339 e. The molecule has 2 saturated carbocycles. The predicted octanol–water partition coefficient (Wildman–Crippen LogP) is 2.96. The van der Waals surface area contributed by atoms with Gasteiger partial charge < -0.3 is 15.0 Å². The first-order valence-electron chi connectivity index (χ1n) is 13.1. The fraction of sp³-hybridized carbons (Fsp3) is 0.444. The number of rotatable bonds is 8. The summed E-state index contributed by atoms with van der Waals surface area (Å²) in [7, 11) is -2.27. The molecule has 12 heteroatoms. The Morgan fingerprint density at radius 3 is 2.49 bits per heavy atom. The van der Waals surface area contributed by atoms with Crippen LogP contribution in [0.4, 0.5) is 5.82 Å². The molecule has 3 aromatic rings. The number of methoxy groups -OCH3 is 1. The van der Waals surface area contributed by atoms with E-state index >= 15 is 0 Å². The zero-order valence-corrected chi connectivity index (χ0v) is 22.3. The second-order valence-electron chi connectivity index (χ2n) is 10.2. The third kappa shape index (κ3) is 5.51. The number of carbonyl (C=O) groups is 2. The Bertz CT molecular complexity index is 1630. The molecule has 1 amide bonds. The van der Waals surface area contributed by atoms with Crippen molar-refractivity contribution in [2.75, 3.05) is 12.4 Å². The van der Waals surface area contributed by atoms with Gasteiger partial charge in [-0.25, -0.2) is 27.6 Å². The van der Waals surface area contributed by atoms with Crippen LogP contribution in [0.2, 0.25) is 0 Å². The van der Waals surface area contributed by atoms with Crippen molar-refractivity contribution in [2.45, 2.75) is 67.6 Å². The van der Waals surface area contributed by atoms with Gasteiger partial charge in [0.15, 0.2) is 9.84 Å². The van der Waals surface area contributed by atoms with Crippen LogP contribution in [0.5, 0.6) is 0 Å². The standard InChI is InChI=1S/C27H30N4O7S/c1-38-26(34)17-7-12-23(28-15-17)30-24(32)22(13-16-5-3-2-4-6-16)31-25(33)20-11-10-19(14-21(20)29-27(31)35)39(36,37)18-8-9-18/h7,10-12,14-16,18,22H,2-6,8-9,13H2,1H3,(H,29,35)(H,28,30,32). The molecule has 2 N–H and O–H groups in total. The maximum absolute atomic E-state index is 13.6. The van der Waals surface area contributed by atoms with Crippen LogP contribution < -0.4 is 16.6 Å². The van der Waals surface area contributed by atoms with Crippen molar-refractivity contribution in [2.24, 2.45) is 5.92 Å². The Labute approximate surface area is 224 Å². The first-order valence-corrected chi connectivity index (χ1v) is 14.6. The Hall–Kier alpha value is -3.80. The van der Waals surface area contributed by atoms with Crippen LogP contribution in [0, 0.1) is 5.92 Å². The highest BCUT2D eigenvalue weighted by atomic mass is 32.2. The number of aromatic amines is 1. The normalized spacial score (nSPS) is 17.1. The highest BCUT2D eigenvalue weighted by Crippen LogP contribution is 2.34. The first-order chi connectivity index (χ1) is 18.7. The van der Waals surface area contributed by atoms with Gasteiger partial charge in [-0.15, -0.1) is 0 Å². The van der Waals surface area contributed by atoms with Crippen molar-refractivity contribution >= 4 is 38.4 Å². The molecule has 0 saturated heterocycles. The van der Waals surface area contributed by atoms with Gasteiger partial charge in [0.1, 0.15) is 11.9 Å². The highest BCUT2D eigenvalue weighted by molar-refractivity contribution is 7.92. The Kier molecular flexibility index (Phi) is 7.39. The summed E-state index contributed by atoms with van der Waals surface area (Å²) in [5.74, 6) is -0.852. The summed E-state index contributed by atoms with van der Waals surface area (Å²) in [6, 6.07) is 5.86. The van der Waals surface area contributed by atoms with Gasteiger partial charge in [0.2, 0.25) is 5.91 Å². The van der Waals surface area contributed by atoms with E-state index in [9.17, 15) is 27.6 Å². The molecule has 2 aliphatic carbocycles. The Morgan fingerprint density at radius 1 is 1.10 bits per heavy atom. The SMILES string of the molecule is COC(=O)c1ccc(NC(=O)C(CC2CCCCC2)n2c(=O)[nH]c3cc(S(=O)(=O)C4CC4)ccc3c2=O)nc1. The number of nitrogens with zero attached hydrogens (tertiary/aromatic N) is 2. The number of aromatic nitrogens is 3. The molecule has 206 valence electrons. The fourth-order valence-electron chi connectivity index (χ4n) is 5.23. The largest absolute Gasteiger partial charge is 0.465 e. The minimum absolute atomic E-state index is 0.0586. The lowest BCUT2D eigenvalue weighted by Gasteiger charge is -2.26. The Morgan fingerprint density at radius 2 is 1.85 bits per heavy atom. The van der Waals surface area contributed by atoms with E-state index in [1.165, 1.54) is 43.6 Å². The molecular weight excluding hydrogens is 524 g/mol. The van der Waals surface area contributed by atoms with E-state index < -0.39 is 44.3 Å². The molecule has 2 aromatic heterocycles. The minimum Gasteiger partial charge on any atom is -0.465 e. The number of anilines is 1. The number of benzene rings is 1. The van der Waals surface area contributed by atoms with Crippen LogP contribution in [-0.2, 0) is 19.4 Å². The van der Waals surface area contributed by atoms with Gasteiger partial charge in [-0.3, -0.25) is 9.59 Å². The number of fused-ring (bicyclic) bond motifs is 1. The van der Waals surface area contributed by atoms with Gasteiger partial charge in [0.05, 0.1) is 33.7 Å². The fourth-order valence-corrected chi connectivity index (χ4v) is 6.91. The zero-order chi connectivity index (χ0) is 27.7. The first kappa shape index (κ1) is 26.8. The van der Waals surface area contributed by atoms with Crippen LogP contribution in [0.25, 0.3) is 10.9 Å². The van der Waals surface area contributed by atoms with Crippen LogP contribution in [0.1, 0.15) is 67.8 Å². The molecule has 0 spiro atoms. The van der Waals surface area contributed by atoms with Crippen LogP contribution in [0.15, 0.2) is 51.0 Å². The summed E-state index contributed by atoms with van der Waals surface area (Å²) in [6.45, 7) is 0. The molecule has 2 fully saturated rings. The molecule has 2 heterocycles. The number of ether oxygens (including phenoxy) is 1. The number of esters is 1. The van der Waals surface area contributed by atoms with Gasteiger partial charge in [0, 0.05) is 6.20 Å². The number of amides is 1. The number of pyridine rings is 1. The molecule has 2 aliphatic rings. The van der Waals surface area contributed by atoms with Crippen molar-refractivity contribution in [1.82, 2.24) is 14.5 Å². The summed E-state index contributed by atoms with van der Waals surface area (Å²) in [5.41, 5.74) is -1.15. The van der Waals surface area contributed by atoms with Crippen molar-refractivity contribution in [3.8, 4) is 0 Å². The van der Waals surface area contributed by atoms with Crippen molar-refractivity contribution < 1.29 is 22.7 Å². The third-order valence-electron chi connectivity index (χ3n) is 7.52. The molecular formula is C27H30N4O7S. The van der Waals surface area contributed by atoms with E-state index in [1.807, 2.05) is 0 Å². The van der Waals surface area contributed by atoms with Gasteiger partial charge >= 0.3 is 11.7 Å². The zero-order valence-electron chi connectivity index (χ0n) is 21.5. The lowest BCUT2D eigenvalue weighted by atomic mass is 9.84. The Balaban J connectivity index is 1.51. The van der Waals surface area contributed by atoms with Gasteiger partial charge in [0.25, 0.3) is 5.56 Å². The molecule has 1 unspecified atom stereocenters. The number of H-pyrrole nitrogens is 1. The molecule has 0 aliphatic heterocycles. The minimum atomic E-state index is -3.52. The monoisotopic (exact) mass is 554 g/mol. The number of sulfone groups is 1. The van der Waals surface area contributed by atoms with Crippen LogP contribution in [0.3, 0.4) is 0 Å². The second-order valence-corrected chi connectivity index (χ2v) is 12.5. The number of hydrogen-bond donors (Lipinski definition) is 2. The lowest BCUT2D eigenvalue weighted by Crippen LogP contribution is -2.43. The third-order valence-corrected chi connectivity index (χ3v) is 9.78. The number of carbonyl (C=O) groups excluding carboxylic acids is 2. The maximum atomic E-state index is 13.6. The number of hydrogen-bond acceptors (Lipinski definition) is 8. The molecule has 1 atom stereocenters. The molecule has 5 rings (SSSR count). The topological polar surface area (TPSA) is 157 Å². The quantitative estimate of drug-likeness (QED) is 0.402. The van der Waals surface area contributed by atoms with E-state index in [0.717, 1.165) is 36.7 Å². The summed E-state index contributed by atoms with van der Waals surface area (Å²) < 4.78 is 31.0. The van der Waals surface area contributed by atoms with E-state index in [0.29, 0.717) is 12.8 Å². The summed E-state index contributed by atoms with van der Waals surface area (Å²) in [6.07, 6.45) is 7.64. The van der Waals surface area contributed by atoms with Gasteiger partial charge in [-0.2, -0.15) is 0 Å². The molecule has 0 radical (unpaired) electrons. The van der Waals surface area contributed by atoms with Crippen molar-refractivity contribution in [1.29, 1.82) is 0 Å². The number of nitrogens with one attached hydrogen (secondary N) is 2. The smallest absolute Gasteiger partial charge is 0.339 e. The van der Waals surface area contributed by atoms with Crippen molar-refractivity contribution in [3.05, 3.63) is 62.9 Å². The molecule has 11 nitrogen and oxygen atoms in total.